The molecule has 0 bridgehead atoms. The Kier molecular flexibility index (Phi) is 8.10. The summed E-state index contributed by atoms with van der Waals surface area (Å²) in [6, 6.07) is 19.9. The van der Waals surface area contributed by atoms with Crippen LogP contribution in [0.15, 0.2) is 78.9 Å². The van der Waals surface area contributed by atoms with E-state index in [1.165, 1.54) is 12.1 Å². The lowest BCUT2D eigenvalue weighted by Crippen LogP contribution is -2.24. The van der Waals surface area contributed by atoms with E-state index in [1.807, 2.05) is 18.2 Å². The summed E-state index contributed by atoms with van der Waals surface area (Å²) in [5.41, 5.74) is 5.06. The molecule has 1 aliphatic carbocycles. The van der Waals surface area contributed by atoms with Gasteiger partial charge in [-0.3, -0.25) is 4.79 Å². The monoisotopic (exact) mass is 546 g/mol. The predicted molar refractivity (Wildman–Crippen MR) is 142 cm³/mol. The zero-order valence-electron chi connectivity index (χ0n) is 21.6. The maximum atomic E-state index is 13.5. The quantitative estimate of drug-likeness (QED) is 0.171. The van der Waals surface area contributed by atoms with Crippen molar-refractivity contribution >= 4 is 11.8 Å². The summed E-state index contributed by atoms with van der Waals surface area (Å²) in [7, 11) is 0. The number of benzene rings is 4. The highest BCUT2D eigenvalue weighted by molar-refractivity contribution is 6.00. The highest BCUT2D eigenvalue weighted by Crippen LogP contribution is 2.29. The number of rotatable bonds is 8. The molecule has 0 heterocycles. The first kappa shape index (κ1) is 27.3. The van der Waals surface area contributed by atoms with Crippen LogP contribution >= 0.6 is 0 Å². The lowest BCUT2D eigenvalue weighted by molar-refractivity contribution is 0.0472. The Morgan fingerprint density at radius 1 is 0.700 bits per heavy atom. The van der Waals surface area contributed by atoms with Crippen molar-refractivity contribution < 1.29 is 31.9 Å². The highest BCUT2D eigenvalue weighted by Gasteiger charge is 2.27. The fraction of sp³-hybridized carbons (Fsp3) is 0.212. The summed E-state index contributed by atoms with van der Waals surface area (Å²) >= 11 is 0. The van der Waals surface area contributed by atoms with E-state index in [0.29, 0.717) is 42.4 Å². The molecule has 0 saturated carbocycles. The Morgan fingerprint density at radius 3 is 1.95 bits per heavy atom. The fourth-order valence-corrected chi connectivity index (χ4v) is 5.03. The van der Waals surface area contributed by atoms with Crippen molar-refractivity contribution in [3.05, 3.63) is 141 Å². The van der Waals surface area contributed by atoms with E-state index in [4.69, 9.17) is 4.74 Å². The van der Waals surface area contributed by atoms with Crippen LogP contribution in [0, 0.1) is 29.2 Å². The number of hydrogen-bond acceptors (Lipinski definition) is 3. The van der Waals surface area contributed by atoms with Crippen LogP contribution in [0.5, 0.6) is 0 Å². The van der Waals surface area contributed by atoms with Crippen LogP contribution in [0.25, 0.3) is 0 Å². The number of ketones is 1. The van der Waals surface area contributed by atoms with Gasteiger partial charge in [0.2, 0.25) is 0 Å². The van der Waals surface area contributed by atoms with Gasteiger partial charge >= 0.3 is 5.97 Å². The minimum absolute atomic E-state index is 0.0865. The Balaban J connectivity index is 1.16. The molecule has 0 fully saturated rings. The number of aryl methyl sites for hydroxylation is 3. The third kappa shape index (κ3) is 6.30. The number of carbonyl (C=O) groups is 2. The van der Waals surface area contributed by atoms with Gasteiger partial charge in [-0.2, -0.15) is 0 Å². The second-order valence-electron chi connectivity index (χ2n) is 10.1. The molecule has 7 heteroatoms. The first-order valence-electron chi connectivity index (χ1n) is 13.1. The molecule has 1 aliphatic rings. The van der Waals surface area contributed by atoms with Gasteiger partial charge in [-0.15, -0.1) is 0 Å². The SMILES string of the molecule is O=C(OCc1ccc(F)c(F)c1)c1ccc(CC2CCc3cc(CCc4ccc(F)c(F)c4)ccc3C2=O)cc1. The number of fused-ring (bicyclic) bond motifs is 1. The van der Waals surface area contributed by atoms with Crippen molar-refractivity contribution in [1.29, 1.82) is 0 Å². The van der Waals surface area contributed by atoms with E-state index in [9.17, 15) is 27.2 Å². The summed E-state index contributed by atoms with van der Waals surface area (Å²) in [4.78, 5) is 25.6. The summed E-state index contributed by atoms with van der Waals surface area (Å²) in [6.45, 7) is -0.180. The van der Waals surface area contributed by atoms with Gasteiger partial charge in [-0.05, 0) is 96.3 Å². The summed E-state index contributed by atoms with van der Waals surface area (Å²) in [6.07, 6.45) is 3.24. The molecule has 0 amide bonds. The molecule has 4 aromatic rings. The standard InChI is InChI=1S/C33H26F4O3/c34-28-13-6-22(17-30(28)36)2-1-20-5-12-27-25(15-20)10-11-26(32(27)38)16-21-3-8-24(9-4-21)33(39)40-19-23-7-14-29(35)31(37)18-23/h3-9,12-15,17-18,26H,1-2,10-11,16,19H2. The van der Waals surface area contributed by atoms with E-state index in [2.05, 4.69) is 0 Å². The molecule has 204 valence electrons. The third-order valence-corrected chi connectivity index (χ3v) is 7.28. The predicted octanol–water partition coefficient (Wildman–Crippen LogP) is 7.37. The topological polar surface area (TPSA) is 43.4 Å². The third-order valence-electron chi connectivity index (χ3n) is 7.28. The van der Waals surface area contributed by atoms with Gasteiger partial charge in [-0.1, -0.05) is 42.5 Å². The van der Waals surface area contributed by atoms with Gasteiger partial charge < -0.3 is 4.74 Å². The molecule has 5 rings (SSSR count). The second kappa shape index (κ2) is 11.9. The molecule has 0 radical (unpaired) electrons. The number of carbonyl (C=O) groups excluding carboxylic acids is 2. The van der Waals surface area contributed by atoms with Crippen molar-refractivity contribution in [1.82, 2.24) is 0 Å². The summed E-state index contributed by atoms with van der Waals surface area (Å²) in [5.74, 6) is -4.35. The van der Waals surface area contributed by atoms with Gasteiger partial charge in [0.05, 0.1) is 5.56 Å². The van der Waals surface area contributed by atoms with E-state index in [0.717, 1.165) is 46.9 Å². The van der Waals surface area contributed by atoms with Gasteiger partial charge in [0.15, 0.2) is 29.1 Å². The summed E-state index contributed by atoms with van der Waals surface area (Å²) in [5, 5.41) is 0. The van der Waals surface area contributed by atoms with E-state index in [1.54, 1.807) is 30.3 Å². The molecule has 0 aliphatic heterocycles. The normalized spacial score (nSPS) is 14.6. The van der Waals surface area contributed by atoms with Crippen LogP contribution in [-0.2, 0) is 37.0 Å². The highest BCUT2D eigenvalue weighted by atomic mass is 19.2. The van der Waals surface area contributed by atoms with Gasteiger partial charge in [0.25, 0.3) is 0 Å². The van der Waals surface area contributed by atoms with E-state index >= 15 is 0 Å². The van der Waals surface area contributed by atoms with Crippen molar-refractivity contribution in [2.75, 3.05) is 0 Å². The lowest BCUT2D eigenvalue weighted by atomic mass is 9.79. The average molecular weight is 547 g/mol. The largest absolute Gasteiger partial charge is 0.457 e. The Hall–Kier alpha value is -4.26. The second-order valence-corrected chi connectivity index (χ2v) is 10.1. The Bertz CT molecular complexity index is 1560. The number of hydrogen-bond donors (Lipinski definition) is 0. The number of halogens is 4. The zero-order valence-corrected chi connectivity index (χ0v) is 21.6. The van der Waals surface area contributed by atoms with Crippen LogP contribution in [0.1, 0.15) is 55.0 Å². The van der Waals surface area contributed by atoms with E-state index in [-0.39, 0.29) is 18.3 Å². The zero-order chi connectivity index (χ0) is 28.2. The van der Waals surface area contributed by atoms with Crippen LogP contribution in [0.4, 0.5) is 17.6 Å². The molecule has 0 saturated heterocycles. The van der Waals surface area contributed by atoms with Crippen molar-refractivity contribution in [2.24, 2.45) is 5.92 Å². The maximum Gasteiger partial charge on any atom is 0.338 e. The molecule has 1 atom stereocenters. The number of ether oxygens (including phenoxy) is 1. The number of esters is 1. The van der Waals surface area contributed by atoms with Crippen LogP contribution in [-0.4, -0.2) is 11.8 Å². The molecule has 1 unspecified atom stereocenters. The molecule has 4 aromatic carbocycles. The summed E-state index contributed by atoms with van der Waals surface area (Å²) < 4.78 is 58.2. The Morgan fingerprint density at radius 2 is 1.27 bits per heavy atom. The minimum Gasteiger partial charge on any atom is -0.457 e. The van der Waals surface area contributed by atoms with Crippen molar-refractivity contribution in [2.45, 2.75) is 38.7 Å². The van der Waals surface area contributed by atoms with Crippen molar-refractivity contribution in [3.8, 4) is 0 Å². The molecule has 3 nitrogen and oxygen atoms in total. The molecule has 0 aromatic heterocycles. The van der Waals surface area contributed by atoms with Crippen LogP contribution < -0.4 is 0 Å². The average Bonchev–Trinajstić information content (AvgIpc) is 2.96. The van der Waals surface area contributed by atoms with E-state index < -0.39 is 29.2 Å². The maximum absolute atomic E-state index is 13.5. The fourth-order valence-electron chi connectivity index (χ4n) is 5.03. The van der Waals surface area contributed by atoms with Gasteiger partial charge in [0, 0.05) is 11.5 Å². The van der Waals surface area contributed by atoms with Gasteiger partial charge in [0.1, 0.15) is 6.61 Å². The first-order chi connectivity index (χ1) is 19.3. The smallest absolute Gasteiger partial charge is 0.338 e. The van der Waals surface area contributed by atoms with Crippen molar-refractivity contribution in [3.63, 3.8) is 0 Å². The number of Topliss-reactive ketones (excluding diaryl/α,β-unsaturated/α-hetero) is 1. The lowest BCUT2D eigenvalue weighted by Gasteiger charge is -2.24. The molecule has 0 spiro atoms. The molecular weight excluding hydrogens is 520 g/mol. The molecule has 40 heavy (non-hydrogen) atoms. The Labute approximate surface area is 229 Å². The first-order valence-corrected chi connectivity index (χ1v) is 13.1. The minimum atomic E-state index is -1.00. The van der Waals surface area contributed by atoms with Crippen LogP contribution in [0.3, 0.4) is 0 Å². The van der Waals surface area contributed by atoms with Crippen LogP contribution in [0.2, 0.25) is 0 Å². The molecule has 0 N–H and O–H groups in total. The molecular formula is C33H26F4O3. The van der Waals surface area contributed by atoms with Gasteiger partial charge in [-0.25, -0.2) is 22.4 Å².